The van der Waals surface area contributed by atoms with Crippen LogP contribution in [-0.4, -0.2) is 23.0 Å². The summed E-state index contributed by atoms with van der Waals surface area (Å²) in [7, 11) is 1.62. The maximum Gasteiger partial charge on any atom is 0.244 e. The van der Waals surface area contributed by atoms with Crippen molar-refractivity contribution in [3.8, 4) is 5.75 Å². The number of aromatic nitrogens is 2. The van der Waals surface area contributed by atoms with Crippen LogP contribution in [0.1, 0.15) is 24.2 Å². The molecule has 0 saturated carbocycles. The maximum atomic E-state index is 12.2. The van der Waals surface area contributed by atoms with E-state index in [1.807, 2.05) is 55.5 Å². The van der Waals surface area contributed by atoms with Gasteiger partial charge >= 0.3 is 0 Å². The highest BCUT2D eigenvalue weighted by molar-refractivity contribution is 5.92. The molecule has 5 heteroatoms. The van der Waals surface area contributed by atoms with Crippen LogP contribution in [0.2, 0.25) is 0 Å². The van der Waals surface area contributed by atoms with Crippen molar-refractivity contribution in [1.29, 1.82) is 0 Å². The summed E-state index contributed by atoms with van der Waals surface area (Å²) in [5.74, 6) is 0.549. The molecule has 3 aromatic rings. The predicted molar refractivity (Wildman–Crippen MR) is 98.1 cm³/mol. The van der Waals surface area contributed by atoms with Crippen LogP contribution in [0.15, 0.2) is 60.8 Å². The summed E-state index contributed by atoms with van der Waals surface area (Å²) in [4.78, 5) is 21.0. The van der Waals surface area contributed by atoms with Gasteiger partial charge in [-0.15, -0.1) is 0 Å². The van der Waals surface area contributed by atoms with Crippen molar-refractivity contribution < 1.29 is 9.53 Å². The van der Waals surface area contributed by atoms with Gasteiger partial charge in [-0.1, -0.05) is 30.3 Å². The van der Waals surface area contributed by atoms with E-state index in [1.54, 1.807) is 19.4 Å². The van der Waals surface area contributed by atoms with Crippen molar-refractivity contribution >= 4 is 23.0 Å². The molecule has 1 N–H and O–H groups in total. The normalized spacial score (nSPS) is 12.2. The number of rotatable bonds is 5. The van der Waals surface area contributed by atoms with Gasteiger partial charge < -0.3 is 10.1 Å². The van der Waals surface area contributed by atoms with Crippen LogP contribution < -0.4 is 10.1 Å². The Hall–Kier alpha value is -3.21. The first-order valence-electron chi connectivity index (χ1n) is 8.00. The Labute approximate surface area is 146 Å². The first-order chi connectivity index (χ1) is 12.2. The van der Waals surface area contributed by atoms with Gasteiger partial charge in [0.25, 0.3) is 0 Å². The lowest BCUT2D eigenvalue weighted by Crippen LogP contribution is -2.25. The number of amides is 1. The van der Waals surface area contributed by atoms with E-state index in [0.29, 0.717) is 5.69 Å². The van der Waals surface area contributed by atoms with Crippen molar-refractivity contribution in [1.82, 2.24) is 15.3 Å². The molecule has 0 aliphatic heterocycles. The van der Waals surface area contributed by atoms with Crippen LogP contribution in [0.25, 0.3) is 17.1 Å². The van der Waals surface area contributed by atoms with Crippen molar-refractivity contribution in [2.24, 2.45) is 0 Å². The van der Waals surface area contributed by atoms with Crippen molar-refractivity contribution in [3.05, 3.63) is 72.1 Å². The Morgan fingerprint density at radius 3 is 2.64 bits per heavy atom. The first-order valence-corrected chi connectivity index (χ1v) is 8.00. The number of nitrogens with one attached hydrogen (secondary N) is 1. The standard InChI is InChI=1S/C20H19N3O2/c1-14(16-7-3-6-10-19(16)25-2)22-20(24)12-11-15-13-21-17-8-4-5-9-18(17)23-15/h3-14H,1-2H3,(H,22,24)/b12-11+. The molecule has 25 heavy (non-hydrogen) atoms. The summed E-state index contributed by atoms with van der Waals surface area (Å²) in [6.45, 7) is 1.92. The maximum absolute atomic E-state index is 12.2. The van der Waals surface area contributed by atoms with Gasteiger partial charge in [0.05, 0.1) is 36.1 Å². The number of carbonyl (C=O) groups excluding carboxylic acids is 1. The van der Waals surface area contributed by atoms with Crippen LogP contribution in [0, 0.1) is 0 Å². The zero-order valence-corrected chi connectivity index (χ0v) is 14.1. The highest BCUT2D eigenvalue weighted by atomic mass is 16.5. The molecule has 126 valence electrons. The summed E-state index contributed by atoms with van der Waals surface area (Å²) < 4.78 is 5.33. The minimum atomic E-state index is -0.201. The highest BCUT2D eigenvalue weighted by Crippen LogP contribution is 2.24. The summed E-state index contributed by atoms with van der Waals surface area (Å²) in [6, 6.07) is 15.1. The van der Waals surface area contributed by atoms with Crippen LogP contribution in [0.5, 0.6) is 5.75 Å². The van der Waals surface area contributed by atoms with Gasteiger partial charge in [0.1, 0.15) is 5.75 Å². The van der Waals surface area contributed by atoms with Crippen LogP contribution in [0.4, 0.5) is 0 Å². The number of nitrogens with zero attached hydrogens (tertiary/aromatic N) is 2. The van der Waals surface area contributed by atoms with E-state index in [0.717, 1.165) is 22.3 Å². The predicted octanol–water partition coefficient (Wildman–Crippen LogP) is 3.53. The Balaban J connectivity index is 1.69. The summed E-state index contributed by atoms with van der Waals surface area (Å²) >= 11 is 0. The van der Waals surface area contributed by atoms with Gasteiger partial charge in [-0.3, -0.25) is 9.78 Å². The molecular formula is C20H19N3O2. The molecular weight excluding hydrogens is 314 g/mol. The second kappa shape index (κ2) is 7.57. The third-order valence-electron chi connectivity index (χ3n) is 3.84. The van der Waals surface area contributed by atoms with Crippen molar-refractivity contribution in [2.45, 2.75) is 13.0 Å². The van der Waals surface area contributed by atoms with Crippen LogP contribution >= 0.6 is 0 Å². The molecule has 1 aromatic heterocycles. The molecule has 3 rings (SSSR count). The summed E-state index contributed by atoms with van der Waals surface area (Å²) in [5.41, 5.74) is 3.19. The number of hydrogen-bond acceptors (Lipinski definition) is 4. The molecule has 1 unspecified atom stereocenters. The average Bonchev–Trinajstić information content (AvgIpc) is 2.66. The minimum absolute atomic E-state index is 0.170. The molecule has 1 amide bonds. The molecule has 0 aliphatic carbocycles. The summed E-state index contributed by atoms with van der Waals surface area (Å²) in [5, 5.41) is 2.92. The number of carbonyl (C=O) groups is 1. The molecule has 0 fully saturated rings. The molecule has 1 atom stereocenters. The molecule has 0 spiro atoms. The van der Waals surface area contributed by atoms with E-state index < -0.39 is 0 Å². The van der Waals surface area contributed by atoms with Crippen LogP contribution in [0.3, 0.4) is 0 Å². The number of methoxy groups -OCH3 is 1. The van der Waals surface area contributed by atoms with E-state index in [1.165, 1.54) is 6.08 Å². The monoisotopic (exact) mass is 333 g/mol. The lowest BCUT2D eigenvalue weighted by atomic mass is 10.1. The molecule has 0 bridgehead atoms. The molecule has 1 heterocycles. The largest absolute Gasteiger partial charge is 0.496 e. The van der Waals surface area contributed by atoms with E-state index in [4.69, 9.17) is 4.74 Å². The van der Waals surface area contributed by atoms with Gasteiger partial charge in [-0.2, -0.15) is 0 Å². The lowest BCUT2D eigenvalue weighted by molar-refractivity contribution is -0.117. The fourth-order valence-electron chi connectivity index (χ4n) is 2.58. The molecule has 0 radical (unpaired) electrons. The second-order valence-electron chi connectivity index (χ2n) is 5.59. The number of hydrogen-bond donors (Lipinski definition) is 1. The molecule has 5 nitrogen and oxygen atoms in total. The Morgan fingerprint density at radius 1 is 1.12 bits per heavy atom. The third kappa shape index (κ3) is 4.01. The number of ether oxygens (including phenoxy) is 1. The summed E-state index contributed by atoms with van der Waals surface area (Å²) in [6.07, 6.45) is 4.77. The van der Waals surface area contributed by atoms with E-state index >= 15 is 0 Å². The van der Waals surface area contributed by atoms with Crippen molar-refractivity contribution in [2.75, 3.05) is 7.11 Å². The molecule has 0 aliphatic rings. The molecule has 2 aromatic carbocycles. The third-order valence-corrected chi connectivity index (χ3v) is 3.84. The van der Waals surface area contributed by atoms with Gasteiger partial charge in [-0.25, -0.2) is 4.98 Å². The fourth-order valence-corrected chi connectivity index (χ4v) is 2.58. The fraction of sp³-hybridized carbons (Fsp3) is 0.150. The van der Waals surface area contributed by atoms with E-state index in [-0.39, 0.29) is 11.9 Å². The molecule has 0 saturated heterocycles. The van der Waals surface area contributed by atoms with Crippen molar-refractivity contribution in [3.63, 3.8) is 0 Å². The first kappa shape index (κ1) is 16.6. The Morgan fingerprint density at radius 2 is 1.84 bits per heavy atom. The number of para-hydroxylation sites is 3. The Bertz CT molecular complexity index is 921. The van der Waals surface area contributed by atoms with E-state index in [9.17, 15) is 4.79 Å². The van der Waals surface area contributed by atoms with Gasteiger partial charge in [0.15, 0.2) is 0 Å². The van der Waals surface area contributed by atoms with Gasteiger partial charge in [-0.05, 0) is 31.2 Å². The van der Waals surface area contributed by atoms with Gasteiger partial charge in [0, 0.05) is 11.6 Å². The zero-order valence-electron chi connectivity index (χ0n) is 14.1. The average molecular weight is 333 g/mol. The SMILES string of the molecule is COc1ccccc1C(C)NC(=O)/C=C/c1cnc2ccccc2n1. The Kier molecular flexibility index (Phi) is 5.04. The van der Waals surface area contributed by atoms with Crippen LogP contribution in [-0.2, 0) is 4.79 Å². The highest BCUT2D eigenvalue weighted by Gasteiger charge is 2.12. The minimum Gasteiger partial charge on any atom is -0.496 e. The lowest BCUT2D eigenvalue weighted by Gasteiger charge is -2.16. The zero-order chi connectivity index (χ0) is 17.6. The topological polar surface area (TPSA) is 64.1 Å². The second-order valence-corrected chi connectivity index (χ2v) is 5.59. The quantitative estimate of drug-likeness (QED) is 0.726. The van der Waals surface area contributed by atoms with E-state index in [2.05, 4.69) is 15.3 Å². The number of fused-ring (bicyclic) bond motifs is 1. The van der Waals surface area contributed by atoms with Gasteiger partial charge in [0.2, 0.25) is 5.91 Å². The number of benzene rings is 2. The smallest absolute Gasteiger partial charge is 0.244 e.